The van der Waals surface area contributed by atoms with Gasteiger partial charge < -0.3 is 9.64 Å². The number of anilines is 1. The number of hydrogen-bond donors (Lipinski definition) is 0. The van der Waals surface area contributed by atoms with Gasteiger partial charge in [-0.2, -0.15) is 4.31 Å². The number of nitrogens with zero attached hydrogens (tertiary/aromatic N) is 3. The van der Waals surface area contributed by atoms with Gasteiger partial charge >= 0.3 is 0 Å². The molecule has 0 aliphatic carbocycles. The maximum Gasteiger partial charge on any atom is 0.214 e. The summed E-state index contributed by atoms with van der Waals surface area (Å²) in [6.07, 6.45) is 0.674. The number of sulfonamides is 1. The van der Waals surface area contributed by atoms with Crippen molar-refractivity contribution in [2.24, 2.45) is 0 Å². The Morgan fingerprint density at radius 2 is 1.68 bits per heavy atom. The van der Waals surface area contributed by atoms with Crippen molar-refractivity contribution in [3.63, 3.8) is 0 Å². The van der Waals surface area contributed by atoms with Crippen LogP contribution >= 0.6 is 11.6 Å². The highest BCUT2D eigenvalue weighted by Crippen LogP contribution is 2.26. The lowest BCUT2D eigenvalue weighted by molar-refractivity contribution is 0.0380. The van der Waals surface area contributed by atoms with E-state index in [4.69, 9.17) is 16.3 Å². The predicted octanol–water partition coefficient (Wildman–Crippen LogP) is 1.51. The molecular weight excluding hydrogens is 362 g/mol. The van der Waals surface area contributed by atoms with Crippen molar-refractivity contribution >= 4 is 27.3 Å². The topological polar surface area (TPSA) is 53.1 Å². The van der Waals surface area contributed by atoms with Crippen LogP contribution in [-0.4, -0.2) is 82.4 Å². The first-order chi connectivity index (χ1) is 12.1. The summed E-state index contributed by atoms with van der Waals surface area (Å²) in [7, 11) is -3.18. The molecule has 25 heavy (non-hydrogen) atoms. The quantitative estimate of drug-likeness (QED) is 0.740. The maximum absolute atomic E-state index is 12.6. The van der Waals surface area contributed by atoms with Gasteiger partial charge in [-0.25, -0.2) is 8.42 Å². The fraction of sp³-hybridized carbons (Fsp3) is 0.647. The second-order valence-corrected chi connectivity index (χ2v) is 8.96. The SMILES string of the molecule is O=S(=O)(CCCN1CCOCC1)N1CCN(c2ccccc2Cl)CC1. The molecule has 0 aromatic heterocycles. The number of hydrogen-bond acceptors (Lipinski definition) is 5. The van der Waals surface area contributed by atoms with Crippen LogP contribution in [0.25, 0.3) is 0 Å². The molecule has 2 saturated heterocycles. The third-order valence-electron chi connectivity index (χ3n) is 4.81. The second-order valence-electron chi connectivity index (χ2n) is 6.46. The van der Waals surface area contributed by atoms with Crippen molar-refractivity contribution in [1.29, 1.82) is 0 Å². The van der Waals surface area contributed by atoms with E-state index in [2.05, 4.69) is 9.80 Å². The fourth-order valence-electron chi connectivity index (χ4n) is 3.34. The van der Waals surface area contributed by atoms with E-state index < -0.39 is 10.0 Å². The van der Waals surface area contributed by atoms with Crippen LogP contribution in [0.2, 0.25) is 5.02 Å². The van der Waals surface area contributed by atoms with Gasteiger partial charge in [-0.3, -0.25) is 4.90 Å². The predicted molar refractivity (Wildman–Crippen MR) is 101 cm³/mol. The first kappa shape index (κ1) is 18.9. The molecule has 0 atom stereocenters. The minimum Gasteiger partial charge on any atom is -0.379 e. The molecule has 0 spiro atoms. The summed E-state index contributed by atoms with van der Waals surface area (Å²) in [6.45, 7) is 6.50. The Labute approximate surface area is 155 Å². The van der Waals surface area contributed by atoms with Crippen LogP contribution in [0.1, 0.15) is 6.42 Å². The van der Waals surface area contributed by atoms with Crippen molar-refractivity contribution in [3.05, 3.63) is 29.3 Å². The van der Waals surface area contributed by atoms with E-state index in [1.54, 1.807) is 4.31 Å². The normalized spacial score (nSPS) is 20.8. The van der Waals surface area contributed by atoms with Crippen molar-refractivity contribution in [3.8, 4) is 0 Å². The summed E-state index contributed by atoms with van der Waals surface area (Å²) < 4.78 is 32.1. The zero-order valence-electron chi connectivity index (χ0n) is 14.4. The molecule has 0 bridgehead atoms. The summed E-state index contributed by atoms with van der Waals surface area (Å²) in [4.78, 5) is 4.43. The molecule has 6 nitrogen and oxygen atoms in total. The molecule has 0 N–H and O–H groups in total. The van der Waals surface area contributed by atoms with Gasteiger partial charge in [-0.1, -0.05) is 23.7 Å². The third kappa shape index (κ3) is 5.08. The number of rotatable bonds is 6. The van der Waals surface area contributed by atoms with Gasteiger partial charge in [0, 0.05) is 39.3 Å². The smallest absolute Gasteiger partial charge is 0.214 e. The average molecular weight is 388 g/mol. The molecule has 2 fully saturated rings. The van der Waals surface area contributed by atoms with Crippen molar-refractivity contribution in [2.45, 2.75) is 6.42 Å². The molecule has 0 saturated carbocycles. The third-order valence-corrected chi connectivity index (χ3v) is 7.08. The highest BCUT2D eigenvalue weighted by Gasteiger charge is 2.27. The van der Waals surface area contributed by atoms with Gasteiger partial charge in [0.15, 0.2) is 0 Å². The Balaban J connectivity index is 1.47. The molecule has 0 amide bonds. The van der Waals surface area contributed by atoms with Crippen LogP contribution < -0.4 is 4.90 Å². The van der Waals surface area contributed by atoms with E-state index in [0.717, 1.165) is 38.5 Å². The van der Waals surface area contributed by atoms with E-state index in [-0.39, 0.29) is 5.75 Å². The van der Waals surface area contributed by atoms with Crippen molar-refractivity contribution < 1.29 is 13.2 Å². The molecule has 2 aliphatic rings. The number of piperazine rings is 1. The molecular formula is C17H26ClN3O3S. The van der Waals surface area contributed by atoms with E-state index in [1.165, 1.54) is 0 Å². The van der Waals surface area contributed by atoms with Crippen LogP contribution in [0.15, 0.2) is 24.3 Å². The van der Waals surface area contributed by atoms with E-state index >= 15 is 0 Å². The summed E-state index contributed by atoms with van der Waals surface area (Å²) >= 11 is 6.24. The molecule has 8 heteroatoms. The van der Waals surface area contributed by atoms with E-state index in [1.807, 2.05) is 24.3 Å². The number of benzene rings is 1. The molecule has 1 aromatic rings. The summed E-state index contributed by atoms with van der Waals surface area (Å²) in [6, 6.07) is 7.71. The summed E-state index contributed by atoms with van der Waals surface area (Å²) in [5.74, 6) is 0.219. The molecule has 2 heterocycles. The van der Waals surface area contributed by atoms with Gasteiger partial charge in [0.05, 0.1) is 29.7 Å². The zero-order valence-corrected chi connectivity index (χ0v) is 16.0. The second kappa shape index (κ2) is 8.68. The standard InChI is InChI=1S/C17H26ClN3O3S/c18-16-4-1-2-5-17(16)20-7-9-21(10-8-20)25(22,23)15-3-6-19-11-13-24-14-12-19/h1-2,4-5H,3,6-15H2. The molecule has 3 rings (SSSR count). The van der Waals surface area contributed by atoms with Gasteiger partial charge in [0.25, 0.3) is 0 Å². The zero-order chi connectivity index (χ0) is 17.7. The lowest BCUT2D eigenvalue weighted by Crippen LogP contribution is -2.49. The van der Waals surface area contributed by atoms with Crippen LogP contribution in [0, 0.1) is 0 Å². The van der Waals surface area contributed by atoms with Crippen LogP contribution in [-0.2, 0) is 14.8 Å². The summed E-state index contributed by atoms with van der Waals surface area (Å²) in [5.41, 5.74) is 0.980. The Hall–Kier alpha value is -0.860. The largest absolute Gasteiger partial charge is 0.379 e. The molecule has 140 valence electrons. The van der Waals surface area contributed by atoms with Crippen molar-refractivity contribution in [1.82, 2.24) is 9.21 Å². The Bertz CT molecular complexity index is 657. The number of ether oxygens (including phenoxy) is 1. The minimum atomic E-state index is -3.18. The molecule has 0 radical (unpaired) electrons. The Kier molecular flexibility index (Phi) is 6.57. The van der Waals surface area contributed by atoms with E-state index in [0.29, 0.717) is 37.6 Å². The molecule has 1 aromatic carbocycles. The number of morpholine rings is 1. The minimum absolute atomic E-state index is 0.219. The van der Waals surface area contributed by atoms with Crippen LogP contribution in [0.4, 0.5) is 5.69 Å². The highest BCUT2D eigenvalue weighted by molar-refractivity contribution is 7.89. The van der Waals surface area contributed by atoms with Gasteiger partial charge in [0.1, 0.15) is 0 Å². The van der Waals surface area contributed by atoms with Crippen LogP contribution in [0.5, 0.6) is 0 Å². The lowest BCUT2D eigenvalue weighted by atomic mass is 10.2. The Morgan fingerprint density at radius 3 is 2.36 bits per heavy atom. The van der Waals surface area contributed by atoms with Gasteiger partial charge in [0.2, 0.25) is 10.0 Å². The molecule has 2 aliphatic heterocycles. The lowest BCUT2D eigenvalue weighted by Gasteiger charge is -2.36. The highest BCUT2D eigenvalue weighted by atomic mass is 35.5. The first-order valence-corrected chi connectivity index (χ1v) is 10.8. The van der Waals surface area contributed by atoms with Gasteiger partial charge in [-0.05, 0) is 25.1 Å². The first-order valence-electron chi connectivity index (χ1n) is 8.84. The summed E-state index contributed by atoms with van der Waals surface area (Å²) in [5, 5.41) is 0.712. The number of para-hydroxylation sites is 1. The van der Waals surface area contributed by atoms with Gasteiger partial charge in [-0.15, -0.1) is 0 Å². The van der Waals surface area contributed by atoms with Crippen LogP contribution in [0.3, 0.4) is 0 Å². The Morgan fingerprint density at radius 1 is 1.00 bits per heavy atom. The average Bonchev–Trinajstić information content (AvgIpc) is 2.63. The number of halogens is 1. The van der Waals surface area contributed by atoms with E-state index in [9.17, 15) is 8.42 Å². The fourth-order valence-corrected chi connectivity index (χ4v) is 5.07. The molecule has 0 unspecified atom stereocenters. The monoisotopic (exact) mass is 387 g/mol. The van der Waals surface area contributed by atoms with Crippen molar-refractivity contribution in [2.75, 3.05) is 69.7 Å². The maximum atomic E-state index is 12.6.